The quantitative estimate of drug-likeness (QED) is 0.818. The molecule has 1 N–H and O–H groups in total. The van der Waals surface area contributed by atoms with Gasteiger partial charge in [0.25, 0.3) is 0 Å². The summed E-state index contributed by atoms with van der Waals surface area (Å²) in [7, 11) is 0. The minimum Gasteiger partial charge on any atom is -0.388 e. The first kappa shape index (κ1) is 11.3. The molecule has 2 rings (SSSR count). The second-order valence-corrected chi connectivity index (χ2v) is 4.87. The van der Waals surface area contributed by atoms with Crippen molar-refractivity contribution >= 4 is 5.82 Å². The molecule has 1 aromatic heterocycles. The van der Waals surface area contributed by atoms with Crippen molar-refractivity contribution in [3.63, 3.8) is 0 Å². The lowest BCUT2D eigenvalue weighted by Crippen LogP contribution is -2.52. The van der Waals surface area contributed by atoms with Crippen LogP contribution in [-0.2, 0) is 0 Å². The van der Waals surface area contributed by atoms with Crippen LogP contribution in [0.4, 0.5) is 5.82 Å². The molecule has 0 aromatic carbocycles. The molecule has 1 aliphatic heterocycles. The summed E-state index contributed by atoms with van der Waals surface area (Å²) < 4.78 is 0. The molecule has 0 bridgehead atoms. The van der Waals surface area contributed by atoms with Crippen molar-refractivity contribution in [2.45, 2.75) is 44.8 Å². The Morgan fingerprint density at radius 2 is 2.31 bits per heavy atom. The largest absolute Gasteiger partial charge is 0.388 e. The van der Waals surface area contributed by atoms with Crippen LogP contribution in [0.1, 0.15) is 33.1 Å². The Bertz CT molecular complexity index is 334. The summed E-state index contributed by atoms with van der Waals surface area (Å²) in [6.45, 7) is 4.67. The fourth-order valence-corrected chi connectivity index (χ4v) is 2.35. The number of nitrogens with zero attached hydrogens (tertiary/aromatic N) is 3. The van der Waals surface area contributed by atoms with Crippen molar-refractivity contribution in [2.24, 2.45) is 0 Å². The maximum Gasteiger partial charge on any atom is 0.199 e. The van der Waals surface area contributed by atoms with E-state index in [4.69, 9.17) is 0 Å². The van der Waals surface area contributed by atoms with E-state index in [0.29, 0.717) is 0 Å². The van der Waals surface area contributed by atoms with Crippen LogP contribution < -0.4 is 4.90 Å². The van der Waals surface area contributed by atoms with E-state index in [0.717, 1.165) is 25.2 Å². The summed E-state index contributed by atoms with van der Waals surface area (Å²) in [6.07, 6.45) is 7.62. The van der Waals surface area contributed by atoms with Crippen LogP contribution in [0, 0.1) is 6.33 Å². The molecule has 4 nitrogen and oxygen atoms in total. The van der Waals surface area contributed by atoms with Crippen molar-refractivity contribution in [3.05, 3.63) is 18.6 Å². The predicted molar refractivity (Wildman–Crippen MR) is 62.2 cm³/mol. The highest BCUT2D eigenvalue weighted by atomic mass is 16.3. The average Bonchev–Trinajstić information content (AvgIpc) is 2.29. The molecule has 0 spiro atoms. The fraction of sp³-hybridized carbons (Fsp3) is 0.667. The molecule has 0 amide bonds. The highest BCUT2D eigenvalue weighted by Gasteiger charge is 2.34. The second kappa shape index (κ2) is 4.37. The highest BCUT2D eigenvalue weighted by Crippen LogP contribution is 2.29. The molecule has 1 atom stereocenters. The summed E-state index contributed by atoms with van der Waals surface area (Å²) in [5.41, 5.74) is -0.703. The Kier molecular flexibility index (Phi) is 3.10. The Balaban J connectivity index is 2.24. The van der Waals surface area contributed by atoms with Gasteiger partial charge in [-0.15, -0.1) is 0 Å². The number of rotatable bonds is 2. The zero-order valence-electron chi connectivity index (χ0n) is 9.85. The SMILES string of the molecule is CC(C)(O)C1CCCCN1c1ccn[c]n1. The zero-order valence-corrected chi connectivity index (χ0v) is 9.85. The van der Waals surface area contributed by atoms with Crippen LogP contribution in [0.2, 0.25) is 0 Å². The minimum atomic E-state index is -0.703. The lowest BCUT2D eigenvalue weighted by Gasteiger charge is -2.42. The van der Waals surface area contributed by atoms with Crippen LogP contribution in [0.3, 0.4) is 0 Å². The van der Waals surface area contributed by atoms with Crippen molar-refractivity contribution in [2.75, 3.05) is 11.4 Å². The molecule has 1 unspecified atom stereocenters. The first-order chi connectivity index (χ1) is 7.59. The van der Waals surface area contributed by atoms with E-state index in [1.165, 1.54) is 6.42 Å². The molecular weight excluding hydrogens is 202 g/mol. The van der Waals surface area contributed by atoms with Gasteiger partial charge in [0.15, 0.2) is 6.33 Å². The predicted octanol–water partition coefficient (Wildman–Crippen LogP) is 1.41. The number of anilines is 1. The first-order valence-corrected chi connectivity index (χ1v) is 5.77. The standard InChI is InChI=1S/C12H18N3O/c1-12(2,16)10-5-3-4-8-15(10)11-6-7-13-9-14-11/h6-7,10,16H,3-5,8H2,1-2H3. The van der Waals surface area contributed by atoms with Gasteiger partial charge in [-0.25, -0.2) is 9.97 Å². The van der Waals surface area contributed by atoms with Crippen molar-refractivity contribution in [1.82, 2.24) is 9.97 Å². The molecule has 87 valence electrons. The molecule has 1 saturated heterocycles. The van der Waals surface area contributed by atoms with Crippen LogP contribution in [-0.4, -0.2) is 33.3 Å². The maximum absolute atomic E-state index is 10.2. The monoisotopic (exact) mass is 220 g/mol. The molecule has 1 fully saturated rings. The molecule has 4 heteroatoms. The van der Waals surface area contributed by atoms with Gasteiger partial charge in [-0.3, -0.25) is 0 Å². The van der Waals surface area contributed by atoms with Crippen molar-refractivity contribution < 1.29 is 5.11 Å². The normalized spacial score (nSPS) is 22.2. The molecule has 16 heavy (non-hydrogen) atoms. The summed E-state index contributed by atoms with van der Waals surface area (Å²) in [6, 6.07) is 2.00. The molecule has 1 radical (unpaired) electrons. The van der Waals surface area contributed by atoms with Crippen LogP contribution >= 0.6 is 0 Å². The third-order valence-corrected chi connectivity index (χ3v) is 3.13. The van der Waals surface area contributed by atoms with Gasteiger partial charge in [0.05, 0.1) is 11.6 Å². The topological polar surface area (TPSA) is 49.2 Å². The van der Waals surface area contributed by atoms with E-state index >= 15 is 0 Å². The van der Waals surface area contributed by atoms with Gasteiger partial charge in [0.1, 0.15) is 5.82 Å². The summed E-state index contributed by atoms with van der Waals surface area (Å²) in [5.74, 6) is 0.863. The smallest absolute Gasteiger partial charge is 0.199 e. The molecule has 1 aliphatic rings. The maximum atomic E-state index is 10.2. The van der Waals surface area contributed by atoms with E-state index in [-0.39, 0.29) is 6.04 Å². The van der Waals surface area contributed by atoms with E-state index in [2.05, 4.69) is 21.2 Å². The Morgan fingerprint density at radius 1 is 1.50 bits per heavy atom. The van der Waals surface area contributed by atoms with E-state index in [1.54, 1.807) is 6.20 Å². The van der Waals surface area contributed by atoms with Gasteiger partial charge in [0.2, 0.25) is 0 Å². The van der Waals surface area contributed by atoms with Gasteiger partial charge in [-0.1, -0.05) is 0 Å². The van der Waals surface area contributed by atoms with Gasteiger partial charge >= 0.3 is 0 Å². The fourth-order valence-electron chi connectivity index (χ4n) is 2.35. The summed E-state index contributed by atoms with van der Waals surface area (Å²) >= 11 is 0. The van der Waals surface area contributed by atoms with E-state index in [9.17, 15) is 5.11 Å². The highest BCUT2D eigenvalue weighted by molar-refractivity contribution is 5.39. The van der Waals surface area contributed by atoms with Gasteiger partial charge in [-0.2, -0.15) is 0 Å². The van der Waals surface area contributed by atoms with Crippen LogP contribution in [0.5, 0.6) is 0 Å². The van der Waals surface area contributed by atoms with Crippen molar-refractivity contribution in [3.8, 4) is 0 Å². The van der Waals surface area contributed by atoms with Crippen molar-refractivity contribution in [1.29, 1.82) is 0 Å². The summed E-state index contributed by atoms with van der Waals surface area (Å²) in [5, 5.41) is 10.2. The Morgan fingerprint density at radius 3 is 2.94 bits per heavy atom. The first-order valence-electron chi connectivity index (χ1n) is 5.77. The number of hydrogen-bond donors (Lipinski definition) is 1. The third kappa shape index (κ3) is 2.32. The Labute approximate surface area is 96.3 Å². The number of piperidine rings is 1. The van der Waals surface area contributed by atoms with Gasteiger partial charge in [-0.05, 0) is 39.2 Å². The van der Waals surface area contributed by atoms with Crippen LogP contribution in [0.25, 0.3) is 0 Å². The third-order valence-electron chi connectivity index (χ3n) is 3.13. The van der Waals surface area contributed by atoms with Gasteiger partial charge in [0, 0.05) is 12.7 Å². The van der Waals surface area contributed by atoms with Gasteiger partial charge < -0.3 is 10.0 Å². The number of aromatic nitrogens is 2. The number of hydrogen-bond acceptors (Lipinski definition) is 4. The zero-order chi connectivity index (χ0) is 11.6. The molecule has 0 saturated carbocycles. The van der Waals surface area contributed by atoms with E-state index in [1.807, 2.05) is 19.9 Å². The lowest BCUT2D eigenvalue weighted by atomic mass is 9.89. The molecular formula is C12H18N3O. The van der Waals surface area contributed by atoms with Crippen LogP contribution in [0.15, 0.2) is 12.3 Å². The Hall–Kier alpha value is -1.16. The molecule has 1 aromatic rings. The summed E-state index contributed by atoms with van der Waals surface area (Å²) in [4.78, 5) is 10.1. The lowest BCUT2D eigenvalue weighted by molar-refractivity contribution is 0.0399. The average molecular weight is 220 g/mol. The second-order valence-electron chi connectivity index (χ2n) is 4.87. The molecule has 2 heterocycles. The number of aliphatic hydroxyl groups is 1. The molecule has 0 aliphatic carbocycles. The van der Waals surface area contributed by atoms with E-state index < -0.39 is 5.60 Å². The minimum absolute atomic E-state index is 0.129.